The van der Waals surface area contributed by atoms with E-state index in [4.69, 9.17) is 11.2 Å². The van der Waals surface area contributed by atoms with Gasteiger partial charge >= 0.3 is 0 Å². The molecule has 2 fully saturated rings. The maximum absolute atomic E-state index is 11.0. The van der Waals surface area contributed by atoms with Gasteiger partial charge < -0.3 is 14.9 Å². The summed E-state index contributed by atoms with van der Waals surface area (Å²) < 4.78 is 5.38. The number of benzene rings is 1. The summed E-state index contributed by atoms with van der Waals surface area (Å²) in [6, 6.07) is 5.83. The summed E-state index contributed by atoms with van der Waals surface area (Å²) in [6.07, 6.45) is 13.3. The third-order valence-electron chi connectivity index (χ3n) is 7.01. The lowest BCUT2D eigenvalue weighted by Gasteiger charge is -2.52. The normalized spacial score (nSPS) is 41.3. The number of aryl methyl sites for hydroxylation is 1. The average Bonchev–Trinajstić information content (AvgIpc) is 2.79. The van der Waals surface area contributed by atoms with E-state index in [9.17, 15) is 10.2 Å². The van der Waals surface area contributed by atoms with Crippen molar-refractivity contribution in [1.29, 1.82) is 0 Å². The largest absolute Gasteiger partial charge is 0.508 e. The van der Waals surface area contributed by atoms with Crippen LogP contribution in [0.3, 0.4) is 0 Å². The van der Waals surface area contributed by atoms with Gasteiger partial charge in [0.1, 0.15) is 11.9 Å². The van der Waals surface area contributed by atoms with Crippen molar-refractivity contribution < 1.29 is 14.9 Å². The van der Waals surface area contributed by atoms with E-state index in [-0.39, 0.29) is 5.41 Å². The van der Waals surface area contributed by atoms with Gasteiger partial charge in [-0.25, -0.2) is 0 Å². The van der Waals surface area contributed by atoms with Crippen LogP contribution in [-0.4, -0.2) is 16.0 Å². The molecule has 0 unspecified atom stereocenters. The molecule has 3 aliphatic carbocycles. The Kier molecular flexibility index (Phi) is 3.19. The van der Waals surface area contributed by atoms with E-state index in [1.807, 2.05) is 12.1 Å². The molecule has 3 aliphatic rings. The molecule has 0 aromatic heterocycles. The van der Waals surface area contributed by atoms with Crippen molar-refractivity contribution in [2.45, 2.75) is 57.2 Å². The second-order valence-corrected chi connectivity index (χ2v) is 7.80. The number of hydrogen-bond acceptors (Lipinski definition) is 3. The van der Waals surface area contributed by atoms with E-state index in [1.54, 1.807) is 0 Å². The average molecular weight is 312 g/mol. The fourth-order valence-corrected chi connectivity index (χ4v) is 5.81. The van der Waals surface area contributed by atoms with Gasteiger partial charge in [-0.3, -0.25) is 0 Å². The number of aliphatic hydroxyl groups is 1. The van der Waals surface area contributed by atoms with E-state index >= 15 is 0 Å². The van der Waals surface area contributed by atoms with E-state index in [0.29, 0.717) is 29.9 Å². The summed E-state index contributed by atoms with van der Waals surface area (Å²) in [6.45, 7) is 2.16. The van der Waals surface area contributed by atoms with Crippen LogP contribution in [0.4, 0.5) is 0 Å². The molecule has 2 N–H and O–H groups in total. The molecule has 1 aromatic rings. The number of phenolic OH excluding ortho intramolecular Hbond substituents is 1. The van der Waals surface area contributed by atoms with Gasteiger partial charge in [-0.2, -0.15) is 0 Å². The van der Waals surface area contributed by atoms with Crippen molar-refractivity contribution in [3.05, 3.63) is 29.3 Å². The van der Waals surface area contributed by atoms with Gasteiger partial charge in [-0.15, -0.1) is 0 Å². The zero-order valence-corrected chi connectivity index (χ0v) is 13.6. The van der Waals surface area contributed by atoms with Gasteiger partial charge in [0.2, 0.25) is 5.79 Å². The monoisotopic (exact) mass is 312 g/mol. The summed E-state index contributed by atoms with van der Waals surface area (Å²) in [7, 11) is 0. The smallest absolute Gasteiger partial charge is 0.224 e. The number of fused-ring (bicyclic) bond motifs is 5. The van der Waals surface area contributed by atoms with E-state index in [2.05, 4.69) is 19.1 Å². The van der Waals surface area contributed by atoms with Crippen LogP contribution in [0.15, 0.2) is 18.2 Å². The molecule has 3 nitrogen and oxygen atoms in total. The van der Waals surface area contributed by atoms with Crippen LogP contribution < -0.4 is 0 Å². The predicted octanol–water partition coefficient (Wildman–Crippen LogP) is 3.54. The molecule has 122 valence electrons. The molecular formula is C20H24O3. The van der Waals surface area contributed by atoms with Gasteiger partial charge in [-0.05, 0) is 73.1 Å². The molecule has 0 aliphatic heterocycles. The zero-order chi connectivity index (χ0) is 16.2. The number of aromatic hydroxyl groups is 1. The molecule has 0 spiro atoms. The number of rotatable bonds is 1. The van der Waals surface area contributed by atoms with Crippen molar-refractivity contribution in [1.82, 2.24) is 0 Å². The lowest BCUT2D eigenvalue weighted by atomic mass is 9.55. The SMILES string of the molecule is C#CO[C@]1(O)CC[C@@H]2[C@@H]3CCc4cc(O)ccc4[C@@H]3CC[C@@]21C. The van der Waals surface area contributed by atoms with Gasteiger partial charge in [0.05, 0.1) is 0 Å². The molecule has 5 atom stereocenters. The number of phenols is 1. The third kappa shape index (κ3) is 1.94. The first-order valence-corrected chi connectivity index (χ1v) is 8.66. The molecule has 3 heteroatoms. The minimum atomic E-state index is -1.17. The number of ether oxygens (including phenoxy) is 1. The Labute approximate surface area is 137 Å². The fourth-order valence-electron chi connectivity index (χ4n) is 5.81. The molecule has 1 aromatic carbocycles. The van der Waals surface area contributed by atoms with E-state index < -0.39 is 5.79 Å². The standard InChI is InChI=1S/C20H24O3/c1-3-23-20(22)11-9-18-17-6-4-13-12-14(21)5-7-15(13)16(17)8-10-19(18,20)2/h1,5,7,12,16-18,21-22H,4,6,8-11H2,2H3/t16-,17+,18+,19-,20+/m0/s1. The molecule has 0 heterocycles. The van der Waals surface area contributed by atoms with E-state index in [1.165, 1.54) is 11.1 Å². The Hall–Kier alpha value is -1.66. The molecule has 0 radical (unpaired) electrons. The van der Waals surface area contributed by atoms with Gasteiger partial charge in [0, 0.05) is 11.8 Å². The summed E-state index contributed by atoms with van der Waals surface area (Å²) in [5, 5.41) is 20.7. The molecular weight excluding hydrogens is 288 g/mol. The van der Waals surface area contributed by atoms with Crippen molar-refractivity contribution in [2.75, 3.05) is 0 Å². The summed E-state index contributed by atoms with van der Waals surface area (Å²) in [5.74, 6) is 0.737. The molecule has 0 bridgehead atoms. The first-order valence-electron chi connectivity index (χ1n) is 8.66. The molecule has 4 rings (SSSR count). The van der Waals surface area contributed by atoms with Crippen LogP contribution in [0.1, 0.15) is 56.1 Å². The Morgan fingerprint density at radius 2 is 2.09 bits per heavy atom. The van der Waals surface area contributed by atoms with Crippen molar-refractivity contribution in [3.63, 3.8) is 0 Å². The molecule has 23 heavy (non-hydrogen) atoms. The number of hydrogen-bond donors (Lipinski definition) is 2. The van der Waals surface area contributed by atoms with Crippen LogP contribution in [0.25, 0.3) is 0 Å². The Morgan fingerprint density at radius 1 is 1.26 bits per heavy atom. The predicted molar refractivity (Wildman–Crippen MR) is 87.6 cm³/mol. The van der Waals surface area contributed by atoms with Crippen molar-refractivity contribution in [2.24, 2.45) is 17.3 Å². The zero-order valence-electron chi connectivity index (χ0n) is 13.6. The van der Waals surface area contributed by atoms with Gasteiger partial charge in [-0.1, -0.05) is 19.4 Å². The Morgan fingerprint density at radius 3 is 2.87 bits per heavy atom. The van der Waals surface area contributed by atoms with Gasteiger partial charge in [0.15, 0.2) is 0 Å². The van der Waals surface area contributed by atoms with Crippen molar-refractivity contribution in [3.8, 4) is 18.3 Å². The second kappa shape index (κ2) is 4.92. The summed E-state index contributed by atoms with van der Waals surface area (Å²) in [4.78, 5) is 0. The van der Waals surface area contributed by atoms with Crippen LogP contribution in [-0.2, 0) is 11.2 Å². The second-order valence-electron chi connectivity index (χ2n) is 7.80. The lowest BCUT2D eigenvalue weighted by molar-refractivity contribution is -0.238. The highest BCUT2D eigenvalue weighted by atomic mass is 16.6. The highest BCUT2D eigenvalue weighted by molar-refractivity contribution is 5.40. The van der Waals surface area contributed by atoms with Crippen LogP contribution >= 0.6 is 0 Å². The van der Waals surface area contributed by atoms with Crippen molar-refractivity contribution >= 4 is 0 Å². The molecule has 0 saturated heterocycles. The highest BCUT2D eigenvalue weighted by Crippen LogP contribution is 2.64. The maximum atomic E-state index is 11.0. The van der Waals surface area contributed by atoms with Gasteiger partial charge in [0.25, 0.3) is 0 Å². The summed E-state index contributed by atoms with van der Waals surface area (Å²) in [5.41, 5.74) is 2.44. The first kappa shape index (κ1) is 14.9. The third-order valence-corrected chi connectivity index (χ3v) is 7.01. The topological polar surface area (TPSA) is 49.7 Å². The van der Waals surface area contributed by atoms with Crippen LogP contribution in [0, 0.1) is 29.8 Å². The lowest BCUT2D eigenvalue weighted by Crippen LogP contribution is -2.51. The highest BCUT2D eigenvalue weighted by Gasteiger charge is 2.63. The first-order chi connectivity index (χ1) is 11.0. The quantitative estimate of drug-likeness (QED) is 0.616. The minimum Gasteiger partial charge on any atom is -0.508 e. The fraction of sp³-hybridized carbons (Fsp3) is 0.600. The van der Waals surface area contributed by atoms with E-state index in [0.717, 1.165) is 32.1 Å². The number of terminal acetylenes is 1. The maximum Gasteiger partial charge on any atom is 0.224 e. The summed E-state index contributed by atoms with van der Waals surface area (Å²) >= 11 is 0. The Bertz CT molecular complexity index is 676. The molecule has 2 saturated carbocycles. The van der Waals surface area contributed by atoms with Crippen LogP contribution in [0.2, 0.25) is 0 Å². The molecule has 0 amide bonds. The van der Waals surface area contributed by atoms with Crippen LogP contribution in [0.5, 0.6) is 5.75 Å². The minimum absolute atomic E-state index is 0.255. The Balaban J connectivity index is 1.69.